The van der Waals surface area contributed by atoms with Crippen LogP contribution in [0.2, 0.25) is 0 Å². The van der Waals surface area contributed by atoms with E-state index in [0.29, 0.717) is 23.3 Å². The fourth-order valence-corrected chi connectivity index (χ4v) is 3.33. The summed E-state index contributed by atoms with van der Waals surface area (Å²) in [5.41, 5.74) is 5.03. The van der Waals surface area contributed by atoms with E-state index in [2.05, 4.69) is 40.7 Å². The van der Waals surface area contributed by atoms with Gasteiger partial charge < -0.3 is 10.6 Å². The molecule has 0 saturated heterocycles. The van der Waals surface area contributed by atoms with Crippen molar-refractivity contribution in [1.29, 1.82) is 0 Å². The second-order valence-corrected chi connectivity index (χ2v) is 7.75. The second kappa shape index (κ2) is 9.48. The van der Waals surface area contributed by atoms with Crippen molar-refractivity contribution >= 4 is 23.4 Å². The molecule has 172 valence electrons. The van der Waals surface area contributed by atoms with Gasteiger partial charge in [0.1, 0.15) is 12.1 Å². The first kappa shape index (κ1) is 21.8. The Kier molecular flexibility index (Phi) is 5.91. The predicted molar refractivity (Wildman–Crippen MR) is 132 cm³/mol. The van der Waals surface area contributed by atoms with Gasteiger partial charge in [0.15, 0.2) is 5.82 Å². The molecule has 35 heavy (non-hydrogen) atoms. The Morgan fingerprint density at radius 2 is 1.66 bits per heavy atom. The highest BCUT2D eigenvalue weighted by atomic mass is 16.1. The first-order valence-electron chi connectivity index (χ1n) is 10.8. The minimum atomic E-state index is -0.169. The zero-order valence-electron chi connectivity index (χ0n) is 19.0. The van der Waals surface area contributed by atoms with Gasteiger partial charge in [-0.2, -0.15) is 0 Å². The number of aryl methyl sites for hydroxylation is 1. The molecule has 0 bridgehead atoms. The number of nitrogens with one attached hydrogen (secondary N) is 2. The molecule has 1 aromatic carbocycles. The number of hydrogen-bond donors (Lipinski definition) is 2. The maximum absolute atomic E-state index is 11.2. The molecule has 10 heteroatoms. The number of aromatic nitrogens is 7. The van der Waals surface area contributed by atoms with Crippen LogP contribution in [0, 0.1) is 6.92 Å². The van der Waals surface area contributed by atoms with Crippen LogP contribution in [-0.4, -0.2) is 40.6 Å². The Labute approximate surface area is 201 Å². The van der Waals surface area contributed by atoms with E-state index in [1.54, 1.807) is 41.7 Å². The molecule has 1 amide bonds. The Bertz CT molecular complexity index is 1460. The Morgan fingerprint density at radius 1 is 0.857 bits per heavy atom. The van der Waals surface area contributed by atoms with Crippen molar-refractivity contribution in [3.05, 3.63) is 85.2 Å². The summed E-state index contributed by atoms with van der Waals surface area (Å²) in [7, 11) is 0. The van der Waals surface area contributed by atoms with E-state index >= 15 is 0 Å². The van der Waals surface area contributed by atoms with Gasteiger partial charge in [-0.15, -0.1) is 5.10 Å². The number of rotatable bonds is 6. The molecular weight excluding hydrogens is 442 g/mol. The van der Waals surface area contributed by atoms with E-state index in [0.717, 1.165) is 28.2 Å². The summed E-state index contributed by atoms with van der Waals surface area (Å²) in [6.07, 6.45) is 6.78. The van der Waals surface area contributed by atoms with Crippen LogP contribution in [0.3, 0.4) is 0 Å². The Balaban J connectivity index is 1.29. The summed E-state index contributed by atoms with van der Waals surface area (Å²) in [5.74, 6) is 1.39. The fraction of sp³-hybridized carbons (Fsp3) is 0.0800. The molecule has 0 fully saturated rings. The third kappa shape index (κ3) is 5.17. The number of amides is 1. The van der Waals surface area contributed by atoms with Gasteiger partial charge in [0.25, 0.3) is 0 Å². The molecule has 2 N–H and O–H groups in total. The molecule has 0 atom stereocenters. The van der Waals surface area contributed by atoms with Gasteiger partial charge in [0.05, 0.1) is 11.4 Å². The van der Waals surface area contributed by atoms with Crippen molar-refractivity contribution in [3.63, 3.8) is 0 Å². The van der Waals surface area contributed by atoms with Crippen LogP contribution in [0.15, 0.2) is 79.5 Å². The molecule has 0 aliphatic heterocycles. The van der Waals surface area contributed by atoms with Crippen molar-refractivity contribution in [1.82, 2.24) is 34.7 Å². The smallest absolute Gasteiger partial charge is 0.227 e. The minimum absolute atomic E-state index is 0.169. The zero-order valence-corrected chi connectivity index (χ0v) is 19.0. The van der Waals surface area contributed by atoms with Crippen LogP contribution in [0.5, 0.6) is 0 Å². The van der Waals surface area contributed by atoms with E-state index in [1.165, 1.54) is 6.92 Å². The summed E-state index contributed by atoms with van der Waals surface area (Å²) in [4.78, 5) is 33.0. The molecule has 5 aromatic rings. The lowest BCUT2D eigenvalue weighted by Gasteiger charge is -2.08. The lowest BCUT2D eigenvalue weighted by Crippen LogP contribution is -2.07. The molecular formula is C25H21N9O. The molecule has 0 unspecified atom stereocenters. The second-order valence-electron chi connectivity index (χ2n) is 7.75. The zero-order chi connectivity index (χ0) is 24.2. The van der Waals surface area contributed by atoms with Gasteiger partial charge in [-0.25, -0.2) is 24.6 Å². The largest absolute Gasteiger partial charge is 0.324 e. The Hall–Kier alpha value is -4.99. The van der Waals surface area contributed by atoms with Crippen molar-refractivity contribution in [3.8, 4) is 28.3 Å². The number of pyridine rings is 2. The van der Waals surface area contributed by atoms with Gasteiger partial charge in [0.2, 0.25) is 11.9 Å². The van der Waals surface area contributed by atoms with Gasteiger partial charge in [-0.1, -0.05) is 0 Å². The van der Waals surface area contributed by atoms with Crippen LogP contribution in [-0.2, 0) is 4.79 Å². The van der Waals surface area contributed by atoms with Crippen LogP contribution < -0.4 is 10.6 Å². The molecule has 4 aromatic heterocycles. The molecule has 0 spiro atoms. The maximum Gasteiger partial charge on any atom is 0.227 e. The van der Waals surface area contributed by atoms with E-state index < -0.39 is 0 Å². The van der Waals surface area contributed by atoms with Crippen molar-refractivity contribution in [2.45, 2.75) is 13.8 Å². The monoisotopic (exact) mass is 463 g/mol. The Morgan fingerprint density at radius 3 is 2.37 bits per heavy atom. The minimum Gasteiger partial charge on any atom is -0.324 e. The number of benzene rings is 1. The van der Waals surface area contributed by atoms with Crippen LogP contribution in [0.25, 0.3) is 28.3 Å². The summed E-state index contributed by atoms with van der Waals surface area (Å²) in [5, 5.41) is 10.4. The quantitative estimate of drug-likeness (QED) is 0.384. The van der Waals surface area contributed by atoms with Crippen LogP contribution in [0.1, 0.15) is 12.6 Å². The molecule has 4 heterocycles. The van der Waals surface area contributed by atoms with Crippen molar-refractivity contribution < 1.29 is 4.79 Å². The number of nitrogens with zero attached hydrogens (tertiary/aromatic N) is 7. The first-order valence-corrected chi connectivity index (χ1v) is 10.8. The molecule has 0 aliphatic carbocycles. The topological polar surface area (TPSA) is 123 Å². The first-order chi connectivity index (χ1) is 17.0. The van der Waals surface area contributed by atoms with E-state index in [1.807, 2.05) is 49.4 Å². The number of carbonyl (C=O) groups is 1. The van der Waals surface area contributed by atoms with Gasteiger partial charge >= 0.3 is 0 Å². The molecule has 0 radical (unpaired) electrons. The average Bonchev–Trinajstić information content (AvgIpc) is 3.36. The summed E-state index contributed by atoms with van der Waals surface area (Å²) in [6, 6.07) is 17.0. The summed E-state index contributed by atoms with van der Waals surface area (Å²) >= 11 is 0. The maximum atomic E-state index is 11.2. The highest BCUT2D eigenvalue weighted by molar-refractivity contribution is 5.87. The lowest BCUT2D eigenvalue weighted by atomic mass is 10.2. The highest BCUT2D eigenvalue weighted by Crippen LogP contribution is 2.21. The van der Waals surface area contributed by atoms with Crippen LogP contribution in [0.4, 0.5) is 17.5 Å². The molecule has 10 nitrogen and oxygen atoms in total. The third-order valence-corrected chi connectivity index (χ3v) is 5.07. The van der Waals surface area contributed by atoms with Crippen LogP contribution >= 0.6 is 0 Å². The molecule has 0 aliphatic rings. The molecule has 5 rings (SSSR count). The van der Waals surface area contributed by atoms with Gasteiger partial charge in [-0.05, 0) is 61.5 Å². The number of carbonyl (C=O) groups excluding carboxylic acids is 1. The van der Waals surface area contributed by atoms with E-state index in [9.17, 15) is 4.79 Å². The normalized spacial score (nSPS) is 10.7. The summed E-state index contributed by atoms with van der Waals surface area (Å²) in [6.45, 7) is 3.38. The number of anilines is 3. The highest BCUT2D eigenvalue weighted by Gasteiger charge is 2.08. The standard InChI is InChI=1S/C25H21N9O/c1-16-3-4-19(14-27-16)24-29-15-34(33-24)21-8-6-20(7-9-21)31-25-26-12-11-22(32-25)18-5-10-23(28-13-18)30-17(2)35/h3-15H,1-2H3,(H,26,31,32)(H,28,30,35). The summed E-state index contributed by atoms with van der Waals surface area (Å²) < 4.78 is 1.72. The van der Waals surface area contributed by atoms with Crippen molar-refractivity contribution in [2.75, 3.05) is 10.6 Å². The SMILES string of the molecule is CC(=O)Nc1ccc(-c2ccnc(Nc3ccc(-n4cnc(-c5ccc(C)nc5)n4)cc3)n2)cn1. The average molecular weight is 464 g/mol. The lowest BCUT2D eigenvalue weighted by molar-refractivity contribution is -0.114. The fourth-order valence-electron chi connectivity index (χ4n) is 3.33. The van der Waals surface area contributed by atoms with E-state index in [-0.39, 0.29) is 5.91 Å². The van der Waals surface area contributed by atoms with Crippen molar-refractivity contribution in [2.24, 2.45) is 0 Å². The van der Waals surface area contributed by atoms with E-state index in [4.69, 9.17) is 0 Å². The predicted octanol–water partition coefficient (Wildman–Crippen LogP) is 4.19. The van der Waals surface area contributed by atoms with Gasteiger partial charge in [0, 0.05) is 48.0 Å². The van der Waals surface area contributed by atoms with Gasteiger partial charge in [-0.3, -0.25) is 9.78 Å². The number of hydrogen-bond acceptors (Lipinski definition) is 8. The third-order valence-electron chi connectivity index (χ3n) is 5.07. The molecule has 0 saturated carbocycles.